The van der Waals surface area contributed by atoms with Crippen molar-refractivity contribution in [2.45, 2.75) is 208 Å². The van der Waals surface area contributed by atoms with Crippen LogP contribution in [-0.4, -0.2) is 141 Å². The smallest absolute Gasteiger partial charge is 0.463 e. The molecule has 1 saturated heterocycles. The minimum absolute atomic E-state index is 0.0337. The van der Waals surface area contributed by atoms with Gasteiger partial charge in [0.25, 0.3) is 15.0 Å². The molecule has 0 bridgehead atoms. The average molecular weight is 1050 g/mol. The third-order valence-corrected chi connectivity index (χ3v) is 20.6. The van der Waals surface area contributed by atoms with Gasteiger partial charge >= 0.3 is 26.7 Å². The molecule has 1 aliphatic heterocycles. The van der Waals surface area contributed by atoms with E-state index in [4.69, 9.17) is 54.6 Å². The second-order valence-corrected chi connectivity index (χ2v) is 33.0. The van der Waals surface area contributed by atoms with Crippen molar-refractivity contribution in [3.05, 3.63) is 22.7 Å². The lowest BCUT2D eigenvalue weighted by Crippen LogP contribution is -2.61. The molecule has 1 aromatic rings. The SMILES string of the molecule is COP(O[C@H]1[C@@H](OC(OCCOC(C)=O)OCCOC(C)=O)[C@H](n2ccc(NC(C)=O)nc2=O)O[C@@H]1CO[Si](OC1CCCCCCCCCCC1)(O[Si](C)(C)C)O[Si](C)(C)C)N(C(C)C)C(C)C. The standard InChI is InChI=1S/C45H85N4O16PSi3/c1-33(2)49(34(3)4)66(54-8)62-41-39(32-59-69(64-67(9,10)11,65-68(12,13)14)63-38-24-22-20-18-16-15-17-19-21-23-25-38)60-43(48-27-26-40(46-35(5)50)47-44(48)53)42(41)61-45(57-30-28-55-36(6)51)58-31-29-56-37(7)52/h26-27,33-34,38-39,41-43,45H,15-25,28-32H2,1-14H3,(H,46,47,50,53)/t39-,41-,42-,43-,66?/m1/s1. The van der Waals surface area contributed by atoms with Gasteiger partial charge in [-0.15, -0.1) is 0 Å². The van der Waals surface area contributed by atoms with Crippen LogP contribution in [0.5, 0.6) is 0 Å². The maximum Gasteiger partial charge on any atom is 0.658 e. The van der Waals surface area contributed by atoms with E-state index in [1.165, 1.54) is 69.7 Å². The van der Waals surface area contributed by atoms with E-state index >= 15 is 0 Å². The normalized spacial score (nSPS) is 21.1. The Balaban J connectivity index is 2.25. The Kier molecular flexibility index (Phi) is 26.8. The van der Waals surface area contributed by atoms with Crippen LogP contribution in [0.2, 0.25) is 39.3 Å². The van der Waals surface area contributed by atoms with Crippen molar-refractivity contribution in [1.29, 1.82) is 0 Å². The van der Waals surface area contributed by atoms with Gasteiger partial charge in [0.1, 0.15) is 37.3 Å². The number of nitrogens with one attached hydrogen (secondary N) is 1. The quantitative estimate of drug-likeness (QED) is 0.0289. The lowest BCUT2D eigenvalue weighted by molar-refractivity contribution is -0.320. The van der Waals surface area contributed by atoms with Gasteiger partial charge in [-0.05, 0) is 85.9 Å². The Bertz CT molecular complexity index is 1700. The molecular weight excluding hydrogens is 968 g/mol. The molecule has 3 rings (SSSR count). The van der Waals surface area contributed by atoms with Gasteiger partial charge in [0.2, 0.25) is 5.91 Å². The predicted molar refractivity (Wildman–Crippen MR) is 268 cm³/mol. The van der Waals surface area contributed by atoms with E-state index in [1.54, 1.807) is 7.11 Å². The van der Waals surface area contributed by atoms with Gasteiger partial charge in [-0.25, -0.2) is 9.46 Å². The molecule has 398 valence electrons. The Hall–Kier alpha value is -2.07. The molecule has 0 radical (unpaired) electrons. The Morgan fingerprint density at radius 2 is 1.30 bits per heavy atom. The van der Waals surface area contributed by atoms with Crippen LogP contribution in [0.3, 0.4) is 0 Å². The minimum Gasteiger partial charge on any atom is -0.463 e. The molecule has 0 spiro atoms. The number of hydrogen-bond acceptors (Lipinski definition) is 18. The third-order valence-electron chi connectivity index (χ3n) is 10.5. The van der Waals surface area contributed by atoms with Crippen LogP contribution >= 0.6 is 8.53 Å². The van der Waals surface area contributed by atoms with Crippen molar-refractivity contribution < 1.29 is 68.9 Å². The molecule has 0 aromatic carbocycles. The highest BCUT2D eigenvalue weighted by atomic mass is 31.2. The van der Waals surface area contributed by atoms with Crippen LogP contribution in [0, 0.1) is 0 Å². The van der Waals surface area contributed by atoms with Gasteiger partial charge in [0, 0.05) is 46.2 Å². The fourth-order valence-corrected chi connectivity index (χ4v) is 18.0. The number of carbonyl (C=O) groups excluding carboxylic acids is 3. The number of hydrogen-bond donors (Lipinski definition) is 1. The molecule has 1 saturated carbocycles. The molecule has 69 heavy (non-hydrogen) atoms. The van der Waals surface area contributed by atoms with E-state index in [2.05, 4.69) is 54.3 Å². The molecule has 1 aromatic heterocycles. The lowest BCUT2D eigenvalue weighted by atomic mass is 10.00. The van der Waals surface area contributed by atoms with Crippen LogP contribution in [-0.2, 0) is 68.9 Å². The summed E-state index contributed by atoms with van der Waals surface area (Å²) >= 11 is 0. The highest BCUT2D eigenvalue weighted by Crippen LogP contribution is 2.50. The monoisotopic (exact) mass is 1050 g/mol. The first kappa shape index (κ1) is 61.2. The van der Waals surface area contributed by atoms with E-state index in [0.29, 0.717) is 0 Å². The first-order valence-corrected chi connectivity index (χ1v) is 34.2. The van der Waals surface area contributed by atoms with Crippen LogP contribution in [0.15, 0.2) is 17.1 Å². The maximum atomic E-state index is 14.0. The largest absolute Gasteiger partial charge is 0.658 e. The van der Waals surface area contributed by atoms with E-state index in [0.717, 1.165) is 38.5 Å². The molecule has 1 N–H and O–H groups in total. The van der Waals surface area contributed by atoms with Crippen molar-refractivity contribution in [3.63, 3.8) is 0 Å². The number of amides is 1. The minimum atomic E-state index is -4.04. The number of carbonyl (C=O) groups is 3. The van der Waals surface area contributed by atoms with Gasteiger partial charge in [-0.2, -0.15) is 4.98 Å². The average Bonchev–Trinajstić information content (AvgIpc) is 3.54. The zero-order valence-corrected chi connectivity index (χ0v) is 47.8. The van der Waals surface area contributed by atoms with Gasteiger partial charge in [0.05, 0.1) is 25.9 Å². The molecule has 5 atom stereocenters. The zero-order valence-electron chi connectivity index (χ0n) is 43.9. The summed E-state index contributed by atoms with van der Waals surface area (Å²) in [5.41, 5.74) is -0.776. The summed E-state index contributed by atoms with van der Waals surface area (Å²) in [6, 6.07) is 1.40. The van der Waals surface area contributed by atoms with Crippen LogP contribution in [0.1, 0.15) is 125 Å². The molecular formula is C45H85N4O16PSi3. The molecule has 24 heteroatoms. The first-order valence-electron chi connectivity index (χ1n) is 24.6. The van der Waals surface area contributed by atoms with Crippen molar-refractivity contribution in [3.8, 4) is 0 Å². The highest BCUT2D eigenvalue weighted by Gasteiger charge is 2.57. The summed E-state index contributed by atoms with van der Waals surface area (Å²) in [5, 5.41) is 2.55. The van der Waals surface area contributed by atoms with Crippen LogP contribution in [0.25, 0.3) is 0 Å². The van der Waals surface area contributed by atoms with Crippen molar-refractivity contribution in [2.75, 3.05) is 45.5 Å². The lowest BCUT2D eigenvalue weighted by Gasteiger charge is -2.41. The van der Waals surface area contributed by atoms with E-state index in [9.17, 15) is 19.2 Å². The fourth-order valence-electron chi connectivity index (χ4n) is 7.92. The number of rotatable bonds is 27. The van der Waals surface area contributed by atoms with Crippen LogP contribution in [0.4, 0.5) is 5.82 Å². The van der Waals surface area contributed by atoms with Crippen molar-refractivity contribution >= 4 is 57.9 Å². The molecule has 2 fully saturated rings. The Morgan fingerprint density at radius 3 is 1.74 bits per heavy atom. The zero-order chi connectivity index (χ0) is 51.4. The van der Waals surface area contributed by atoms with Crippen molar-refractivity contribution in [2.24, 2.45) is 0 Å². The summed E-state index contributed by atoms with van der Waals surface area (Å²) in [5.74, 6) is -1.41. The molecule has 1 unspecified atom stereocenters. The molecule has 1 amide bonds. The maximum absolute atomic E-state index is 14.0. The topological polar surface area (TPSA) is 212 Å². The van der Waals surface area contributed by atoms with Gasteiger partial charge in [-0.3, -0.25) is 19.0 Å². The summed E-state index contributed by atoms with van der Waals surface area (Å²) < 4.78 is 80.8. The number of aromatic nitrogens is 2. The second-order valence-electron chi connectivity index (χ2n) is 19.9. The number of nitrogens with zero attached hydrogens (tertiary/aromatic N) is 3. The molecule has 2 heterocycles. The van der Waals surface area contributed by atoms with Gasteiger partial charge < -0.3 is 59.9 Å². The Morgan fingerprint density at radius 1 is 0.797 bits per heavy atom. The molecule has 2 aliphatic rings. The van der Waals surface area contributed by atoms with Crippen molar-refractivity contribution in [1.82, 2.24) is 14.2 Å². The Labute approximate surface area is 415 Å². The fraction of sp³-hybridized carbons (Fsp3) is 0.844. The van der Waals surface area contributed by atoms with Gasteiger partial charge in [0.15, 0.2) is 22.9 Å². The summed E-state index contributed by atoms with van der Waals surface area (Å²) in [7, 11) is -9.26. The second kappa shape index (κ2) is 30.2. The van der Waals surface area contributed by atoms with E-state index in [-0.39, 0.29) is 57.0 Å². The number of ether oxygens (including phenoxy) is 6. The van der Waals surface area contributed by atoms with Gasteiger partial charge in [-0.1, -0.05) is 57.8 Å². The third kappa shape index (κ3) is 23.1. The molecule has 20 nitrogen and oxygen atoms in total. The molecule has 1 aliphatic carbocycles. The summed E-state index contributed by atoms with van der Waals surface area (Å²) in [6.45, 7) is 22.2. The summed E-state index contributed by atoms with van der Waals surface area (Å²) in [4.78, 5) is 53.5. The number of anilines is 1. The first-order chi connectivity index (χ1) is 32.4. The van der Waals surface area contributed by atoms with E-state index in [1.807, 2.05) is 27.7 Å². The van der Waals surface area contributed by atoms with Crippen LogP contribution < -0.4 is 11.0 Å². The summed E-state index contributed by atoms with van der Waals surface area (Å²) in [6.07, 6.45) is 8.68. The number of esters is 2. The highest BCUT2D eigenvalue weighted by molar-refractivity contribution is 7.44. The van der Waals surface area contributed by atoms with E-state index < -0.39 is 88.8 Å². The predicted octanol–water partition coefficient (Wildman–Crippen LogP) is 8.15.